The third kappa shape index (κ3) is 5.42. The molecule has 0 unspecified atom stereocenters. The summed E-state index contributed by atoms with van der Waals surface area (Å²) in [6.45, 7) is 16.1. The number of ether oxygens (including phenoxy) is 1. The van der Waals surface area contributed by atoms with Gasteiger partial charge in [0.15, 0.2) is 5.65 Å². The first kappa shape index (κ1) is 26.7. The van der Waals surface area contributed by atoms with Gasteiger partial charge in [0.1, 0.15) is 29.8 Å². The molecule has 3 aromatic heterocycles. The Balaban J connectivity index is 1.35. The number of aromatic amines is 1. The summed E-state index contributed by atoms with van der Waals surface area (Å²) < 4.78 is 6.26. The molecule has 0 saturated heterocycles. The number of hydrogen-bond acceptors (Lipinski definition) is 7. The van der Waals surface area contributed by atoms with E-state index in [-0.39, 0.29) is 11.0 Å². The second-order valence-electron chi connectivity index (χ2n) is 12.8. The minimum Gasteiger partial charge on any atom is -0.491 e. The van der Waals surface area contributed by atoms with Crippen molar-refractivity contribution in [3.63, 3.8) is 0 Å². The maximum absolute atomic E-state index is 6.26. The van der Waals surface area contributed by atoms with E-state index < -0.39 is 0 Å². The van der Waals surface area contributed by atoms with E-state index in [1.54, 1.807) is 0 Å². The number of hydrogen-bond donors (Lipinski definition) is 2. The molecule has 1 aromatic carbocycles. The number of imidazole rings is 1. The summed E-state index contributed by atoms with van der Waals surface area (Å²) in [4.78, 5) is 25.0. The number of nitrogens with zero attached hydrogens (tertiary/aromatic N) is 5. The molecule has 0 radical (unpaired) electrons. The molecular weight excluding hydrogens is 498 g/mol. The van der Waals surface area contributed by atoms with Crippen molar-refractivity contribution in [3.8, 4) is 16.9 Å². The summed E-state index contributed by atoms with van der Waals surface area (Å²) >= 11 is 0. The van der Waals surface area contributed by atoms with Crippen LogP contribution in [0.2, 0.25) is 0 Å². The summed E-state index contributed by atoms with van der Waals surface area (Å²) in [6, 6.07) is 8.58. The minimum atomic E-state index is 0.0416. The highest BCUT2D eigenvalue weighted by atomic mass is 16.5. The van der Waals surface area contributed by atoms with Crippen LogP contribution in [0.4, 0.5) is 5.82 Å². The molecule has 0 bridgehead atoms. The Labute approximate surface area is 237 Å². The van der Waals surface area contributed by atoms with Crippen molar-refractivity contribution in [1.29, 1.82) is 0 Å². The Morgan fingerprint density at radius 2 is 1.98 bits per heavy atom. The molecule has 210 valence electrons. The average Bonchev–Trinajstić information content (AvgIpc) is 3.17. The molecule has 4 aromatic rings. The van der Waals surface area contributed by atoms with Gasteiger partial charge in [-0.3, -0.25) is 0 Å². The monoisotopic (exact) mass is 539 g/mol. The third-order valence-corrected chi connectivity index (χ3v) is 8.55. The van der Waals surface area contributed by atoms with Crippen LogP contribution in [0.5, 0.6) is 5.75 Å². The molecule has 2 N–H and O–H groups in total. The number of anilines is 1. The molecular formula is C32H41N7O. The van der Waals surface area contributed by atoms with Crippen molar-refractivity contribution >= 4 is 17.0 Å². The summed E-state index contributed by atoms with van der Waals surface area (Å²) in [7, 11) is 0. The Morgan fingerprint density at radius 3 is 2.80 bits per heavy atom. The van der Waals surface area contributed by atoms with Gasteiger partial charge in [-0.05, 0) is 75.6 Å². The molecule has 0 spiro atoms. The van der Waals surface area contributed by atoms with Gasteiger partial charge in [0.25, 0.3) is 0 Å². The minimum absolute atomic E-state index is 0.0416. The van der Waals surface area contributed by atoms with Crippen molar-refractivity contribution in [2.24, 2.45) is 5.41 Å². The molecule has 0 amide bonds. The van der Waals surface area contributed by atoms with Crippen molar-refractivity contribution in [1.82, 2.24) is 30.2 Å². The largest absolute Gasteiger partial charge is 0.491 e. The third-order valence-electron chi connectivity index (χ3n) is 8.55. The first-order valence-electron chi connectivity index (χ1n) is 14.6. The predicted octanol–water partition coefficient (Wildman–Crippen LogP) is 5.92. The molecule has 1 aliphatic carbocycles. The number of aryl methyl sites for hydroxylation is 2. The van der Waals surface area contributed by atoms with Gasteiger partial charge in [-0.2, -0.15) is 0 Å². The normalized spacial score (nSPS) is 16.8. The van der Waals surface area contributed by atoms with Crippen molar-refractivity contribution in [2.45, 2.75) is 85.9 Å². The standard InChI is InChI=1S/C32H41N7O/c1-7-32(5,6)34-18-28-37-25-10-11-31(3,4)16-24(25)30(38-28)39-12-13-40-27-9-8-21(14-23(27)19-39)22-15-26-29(33-17-22)36-20(2)35-26/h8-9,14-15,17,34H,7,10-13,16,18-19H2,1-6H3,(H,33,35,36). The molecule has 40 heavy (non-hydrogen) atoms. The van der Waals surface area contributed by atoms with Crippen LogP contribution in [0.1, 0.15) is 75.9 Å². The molecule has 0 fully saturated rings. The summed E-state index contributed by atoms with van der Waals surface area (Å²) in [5.41, 5.74) is 7.82. The lowest BCUT2D eigenvalue weighted by molar-refractivity contribution is 0.309. The van der Waals surface area contributed by atoms with Gasteiger partial charge in [-0.25, -0.2) is 19.9 Å². The van der Waals surface area contributed by atoms with E-state index in [1.165, 1.54) is 11.3 Å². The molecule has 0 atom stereocenters. The summed E-state index contributed by atoms with van der Waals surface area (Å²) in [6.07, 6.45) is 6.08. The van der Waals surface area contributed by atoms with Crippen LogP contribution < -0.4 is 15.0 Å². The van der Waals surface area contributed by atoms with Crippen LogP contribution in [-0.4, -0.2) is 43.6 Å². The molecule has 1 aliphatic heterocycles. The fourth-order valence-electron chi connectivity index (χ4n) is 5.70. The molecule has 2 aliphatic rings. The van der Waals surface area contributed by atoms with Gasteiger partial charge in [-0.1, -0.05) is 26.8 Å². The lowest BCUT2D eigenvalue weighted by Gasteiger charge is -2.34. The topological polar surface area (TPSA) is 91.9 Å². The summed E-state index contributed by atoms with van der Waals surface area (Å²) in [5, 5.41) is 3.66. The van der Waals surface area contributed by atoms with Crippen LogP contribution in [0.25, 0.3) is 22.3 Å². The van der Waals surface area contributed by atoms with Gasteiger partial charge < -0.3 is 19.9 Å². The Hall–Kier alpha value is -3.52. The van der Waals surface area contributed by atoms with Crippen LogP contribution in [0.3, 0.4) is 0 Å². The maximum Gasteiger partial charge on any atom is 0.177 e. The van der Waals surface area contributed by atoms with E-state index >= 15 is 0 Å². The summed E-state index contributed by atoms with van der Waals surface area (Å²) in [5.74, 6) is 3.76. The number of aromatic nitrogens is 5. The highest BCUT2D eigenvalue weighted by Gasteiger charge is 2.32. The van der Waals surface area contributed by atoms with Gasteiger partial charge >= 0.3 is 0 Å². The van der Waals surface area contributed by atoms with E-state index in [9.17, 15) is 0 Å². The number of H-pyrrole nitrogens is 1. The highest BCUT2D eigenvalue weighted by Crippen LogP contribution is 2.39. The average molecular weight is 540 g/mol. The van der Waals surface area contributed by atoms with Crippen LogP contribution in [0.15, 0.2) is 30.5 Å². The fraction of sp³-hybridized carbons (Fsp3) is 0.500. The van der Waals surface area contributed by atoms with Gasteiger partial charge in [0.05, 0.1) is 18.6 Å². The quantitative estimate of drug-likeness (QED) is 0.314. The Bertz CT molecular complexity index is 1550. The number of pyridine rings is 1. The predicted molar refractivity (Wildman–Crippen MR) is 160 cm³/mol. The lowest BCUT2D eigenvalue weighted by atomic mass is 9.76. The van der Waals surface area contributed by atoms with Crippen molar-refractivity contribution in [3.05, 3.63) is 58.9 Å². The number of fused-ring (bicyclic) bond motifs is 3. The Kier molecular flexibility index (Phi) is 6.77. The Morgan fingerprint density at radius 1 is 1.12 bits per heavy atom. The molecule has 8 heteroatoms. The number of benzene rings is 1. The molecule has 0 saturated carbocycles. The zero-order valence-corrected chi connectivity index (χ0v) is 24.7. The second kappa shape index (κ2) is 10.1. The molecule has 4 heterocycles. The van der Waals surface area contributed by atoms with E-state index in [4.69, 9.17) is 14.7 Å². The zero-order chi connectivity index (χ0) is 28.1. The van der Waals surface area contributed by atoms with Crippen molar-refractivity contribution < 1.29 is 4.74 Å². The SMILES string of the molecule is CCC(C)(C)NCc1nc2c(c(N3CCOc4ccc(-c5cnc6nc(C)[nH]c6c5)cc4C3)n1)CC(C)(C)CC2. The van der Waals surface area contributed by atoms with Gasteiger partial charge in [0, 0.05) is 40.7 Å². The molecule has 6 rings (SSSR count). The molecule has 8 nitrogen and oxygen atoms in total. The fourth-order valence-corrected chi connectivity index (χ4v) is 5.70. The number of nitrogens with one attached hydrogen (secondary N) is 2. The van der Waals surface area contributed by atoms with E-state index in [0.29, 0.717) is 13.2 Å². The number of rotatable bonds is 6. The first-order valence-corrected chi connectivity index (χ1v) is 14.6. The second-order valence-corrected chi connectivity index (χ2v) is 12.8. The zero-order valence-electron chi connectivity index (χ0n) is 24.7. The van der Waals surface area contributed by atoms with Gasteiger partial charge in [-0.15, -0.1) is 0 Å². The van der Waals surface area contributed by atoms with Crippen LogP contribution in [-0.2, 0) is 25.9 Å². The highest BCUT2D eigenvalue weighted by molar-refractivity contribution is 5.78. The lowest BCUT2D eigenvalue weighted by Crippen LogP contribution is -2.39. The van der Waals surface area contributed by atoms with E-state index in [0.717, 1.165) is 89.8 Å². The smallest absolute Gasteiger partial charge is 0.177 e. The van der Waals surface area contributed by atoms with Gasteiger partial charge in [0.2, 0.25) is 0 Å². The van der Waals surface area contributed by atoms with Crippen molar-refractivity contribution in [2.75, 3.05) is 18.1 Å². The van der Waals surface area contributed by atoms with Crippen LogP contribution in [0, 0.1) is 12.3 Å². The van der Waals surface area contributed by atoms with Crippen LogP contribution >= 0.6 is 0 Å². The van der Waals surface area contributed by atoms with E-state index in [2.05, 4.69) is 84.1 Å². The maximum atomic E-state index is 6.26. The van der Waals surface area contributed by atoms with E-state index in [1.807, 2.05) is 13.1 Å². The first-order chi connectivity index (χ1) is 19.1.